The number of carbonyl (C=O) groups excluding carboxylic acids is 1. The third-order valence-electron chi connectivity index (χ3n) is 4.75. The molecule has 136 valence electrons. The number of hydrogen-bond donors (Lipinski definition) is 1. The van der Waals surface area contributed by atoms with Gasteiger partial charge >= 0.3 is 5.97 Å². The first-order valence-electron chi connectivity index (χ1n) is 8.85. The summed E-state index contributed by atoms with van der Waals surface area (Å²) in [5.41, 5.74) is 4.59. The fraction of sp³-hybridized carbons (Fsp3) is 0.333. The maximum absolute atomic E-state index is 11.3. The Labute approximate surface area is 153 Å². The Balaban J connectivity index is 1.78. The number of esters is 1. The van der Waals surface area contributed by atoms with E-state index in [1.165, 1.54) is 24.3 Å². The van der Waals surface area contributed by atoms with Gasteiger partial charge in [-0.3, -0.25) is 9.88 Å². The number of ether oxygens (including phenoxy) is 1. The molecule has 26 heavy (non-hydrogen) atoms. The molecule has 1 unspecified atom stereocenters. The number of rotatable bonds is 7. The normalized spacial score (nSPS) is 16.2. The third kappa shape index (κ3) is 4.36. The number of carbonyl (C=O) groups is 1. The highest BCUT2D eigenvalue weighted by Gasteiger charge is 2.28. The molecule has 5 nitrogen and oxygen atoms in total. The molecule has 0 saturated heterocycles. The largest absolute Gasteiger partial charge is 0.466 e. The summed E-state index contributed by atoms with van der Waals surface area (Å²) in [4.78, 5) is 18.0. The van der Waals surface area contributed by atoms with E-state index in [-0.39, 0.29) is 18.6 Å². The summed E-state index contributed by atoms with van der Waals surface area (Å²) in [6.45, 7) is 1.46. The van der Waals surface area contributed by atoms with Gasteiger partial charge in [0.05, 0.1) is 19.4 Å². The number of benzene rings is 1. The molecule has 1 atom stereocenters. The Bertz CT molecular complexity index is 774. The zero-order valence-electron chi connectivity index (χ0n) is 15.0. The molecule has 1 N–H and O–H groups in total. The van der Waals surface area contributed by atoms with E-state index < -0.39 is 0 Å². The molecule has 1 heterocycles. The minimum atomic E-state index is -0.354. The van der Waals surface area contributed by atoms with Crippen molar-refractivity contribution in [2.24, 2.45) is 0 Å². The van der Waals surface area contributed by atoms with Crippen molar-refractivity contribution < 1.29 is 14.6 Å². The number of methoxy groups -OCH3 is 1. The van der Waals surface area contributed by atoms with Gasteiger partial charge in [-0.2, -0.15) is 0 Å². The van der Waals surface area contributed by atoms with Crippen molar-refractivity contribution in [3.8, 4) is 0 Å². The molecule has 0 saturated carbocycles. The molecule has 0 radical (unpaired) electrons. The highest BCUT2D eigenvalue weighted by molar-refractivity contribution is 5.86. The Morgan fingerprint density at radius 1 is 1.38 bits per heavy atom. The number of fused-ring (bicyclic) bond motifs is 1. The van der Waals surface area contributed by atoms with Crippen molar-refractivity contribution in [1.82, 2.24) is 9.88 Å². The lowest BCUT2D eigenvalue weighted by Gasteiger charge is -2.28. The molecule has 0 amide bonds. The van der Waals surface area contributed by atoms with E-state index in [2.05, 4.69) is 26.8 Å². The van der Waals surface area contributed by atoms with Crippen molar-refractivity contribution in [2.75, 3.05) is 20.3 Å². The second-order valence-electron chi connectivity index (χ2n) is 6.38. The van der Waals surface area contributed by atoms with Gasteiger partial charge in [-0.05, 0) is 47.7 Å². The fourth-order valence-electron chi connectivity index (χ4n) is 3.50. The molecule has 3 rings (SSSR count). The first-order valence-corrected chi connectivity index (χ1v) is 8.85. The second kappa shape index (κ2) is 8.74. The fourth-order valence-corrected chi connectivity index (χ4v) is 3.50. The smallest absolute Gasteiger partial charge is 0.330 e. The number of pyridine rings is 1. The summed E-state index contributed by atoms with van der Waals surface area (Å²) in [5, 5.41) is 9.50. The highest BCUT2D eigenvalue weighted by Crippen LogP contribution is 2.37. The van der Waals surface area contributed by atoms with Crippen molar-refractivity contribution in [1.29, 1.82) is 0 Å². The van der Waals surface area contributed by atoms with Crippen LogP contribution in [0.2, 0.25) is 0 Å². The monoisotopic (exact) mass is 352 g/mol. The van der Waals surface area contributed by atoms with Gasteiger partial charge in [-0.15, -0.1) is 0 Å². The molecule has 1 aromatic heterocycles. The third-order valence-corrected chi connectivity index (χ3v) is 4.75. The lowest BCUT2D eigenvalue weighted by Crippen LogP contribution is -2.30. The number of aliphatic hydroxyl groups excluding tert-OH is 1. The maximum Gasteiger partial charge on any atom is 0.330 e. The van der Waals surface area contributed by atoms with E-state index in [1.807, 2.05) is 24.3 Å². The predicted molar refractivity (Wildman–Crippen MR) is 100 cm³/mol. The van der Waals surface area contributed by atoms with Gasteiger partial charge in [0.15, 0.2) is 0 Å². The molecule has 0 aliphatic heterocycles. The predicted octanol–water partition coefficient (Wildman–Crippen LogP) is 2.75. The van der Waals surface area contributed by atoms with Crippen LogP contribution in [-0.2, 0) is 22.5 Å². The number of aromatic nitrogens is 1. The summed E-state index contributed by atoms with van der Waals surface area (Å²) in [7, 11) is 1.37. The van der Waals surface area contributed by atoms with E-state index in [9.17, 15) is 9.90 Å². The van der Waals surface area contributed by atoms with Crippen LogP contribution in [0.1, 0.15) is 34.8 Å². The van der Waals surface area contributed by atoms with Crippen LogP contribution in [0.3, 0.4) is 0 Å². The Kier molecular flexibility index (Phi) is 6.15. The Morgan fingerprint density at radius 2 is 2.27 bits per heavy atom. The summed E-state index contributed by atoms with van der Waals surface area (Å²) >= 11 is 0. The van der Waals surface area contributed by atoms with Crippen LogP contribution in [0.5, 0.6) is 0 Å². The average molecular weight is 352 g/mol. The number of aliphatic hydroxyl groups is 1. The number of aryl methyl sites for hydroxylation is 1. The van der Waals surface area contributed by atoms with Gasteiger partial charge in [0, 0.05) is 31.4 Å². The van der Waals surface area contributed by atoms with Gasteiger partial charge in [0.1, 0.15) is 0 Å². The van der Waals surface area contributed by atoms with Crippen molar-refractivity contribution in [2.45, 2.75) is 25.4 Å². The molecular weight excluding hydrogens is 328 g/mol. The Hall–Kier alpha value is -2.50. The van der Waals surface area contributed by atoms with Crippen molar-refractivity contribution >= 4 is 12.0 Å². The van der Waals surface area contributed by atoms with Crippen LogP contribution in [0.15, 0.2) is 48.7 Å². The SMILES string of the molecule is COC(=O)C=Cc1ccc2c(c1)CCC2N(CCO)Cc1ccccn1. The molecule has 0 bridgehead atoms. The molecule has 1 aliphatic carbocycles. The second-order valence-corrected chi connectivity index (χ2v) is 6.38. The van der Waals surface area contributed by atoms with Gasteiger partial charge < -0.3 is 9.84 Å². The highest BCUT2D eigenvalue weighted by atomic mass is 16.5. The van der Waals surface area contributed by atoms with Gasteiger partial charge in [0.2, 0.25) is 0 Å². The van der Waals surface area contributed by atoms with Crippen molar-refractivity contribution in [3.63, 3.8) is 0 Å². The van der Waals surface area contributed by atoms with Gasteiger partial charge in [0.25, 0.3) is 0 Å². The van der Waals surface area contributed by atoms with Crippen LogP contribution in [0.25, 0.3) is 6.08 Å². The Morgan fingerprint density at radius 3 is 3.00 bits per heavy atom. The maximum atomic E-state index is 11.3. The van der Waals surface area contributed by atoms with Crippen LogP contribution >= 0.6 is 0 Å². The lowest BCUT2D eigenvalue weighted by molar-refractivity contribution is -0.134. The molecule has 1 aliphatic rings. The standard InChI is InChI=1S/C21H24N2O3/c1-26-21(25)10-6-16-5-8-19-17(14-16)7-9-20(19)23(12-13-24)15-18-4-2-3-11-22-18/h2-6,8,10-11,14,20,24H,7,9,12-13,15H2,1H3. The van der Waals surface area contributed by atoms with E-state index in [4.69, 9.17) is 0 Å². The molecular formula is C21H24N2O3. The average Bonchev–Trinajstić information content (AvgIpc) is 3.09. The number of nitrogens with zero attached hydrogens (tertiary/aromatic N) is 2. The minimum absolute atomic E-state index is 0.124. The molecule has 0 spiro atoms. The zero-order chi connectivity index (χ0) is 18.4. The summed E-state index contributed by atoms with van der Waals surface area (Å²) in [6.07, 6.45) is 7.03. The van der Waals surface area contributed by atoms with Crippen LogP contribution in [-0.4, -0.2) is 41.2 Å². The first kappa shape index (κ1) is 18.3. The van der Waals surface area contributed by atoms with Gasteiger partial charge in [-0.25, -0.2) is 4.79 Å². The van der Waals surface area contributed by atoms with Crippen LogP contribution in [0.4, 0.5) is 0 Å². The first-order chi connectivity index (χ1) is 12.7. The molecule has 5 heteroatoms. The molecule has 2 aromatic rings. The van der Waals surface area contributed by atoms with Gasteiger partial charge in [-0.1, -0.05) is 24.3 Å². The lowest BCUT2D eigenvalue weighted by atomic mass is 10.0. The van der Waals surface area contributed by atoms with E-state index >= 15 is 0 Å². The minimum Gasteiger partial charge on any atom is -0.466 e. The van der Waals surface area contributed by atoms with Crippen LogP contribution in [0, 0.1) is 0 Å². The van der Waals surface area contributed by atoms with Crippen LogP contribution < -0.4 is 0 Å². The van der Waals surface area contributed by atoms with E-state index in [1.54, 1.807) is 12.3 Å². The quantitative estimate of drug-likeness (QED) is 0.613. The zero-order valence-corrected chi connectivity index (χ0v) is 15.0. The summed E-state index contributed by atoms with van der Waals surface area (Å²) in [5.74, 6) is -0.354. The van der Waals surface area contributed by atoms with E-state index in [0.717, 1.165) is 30.6 Å². The summed E-state index contributed by atoms with van der Waals surface area (Å²) < 4.78 is 4.63. The summed E-state index contributed by atoms with van der Waals surface area (Å²) in [6, 6.07) is 12.5. The number of hydrogen-bond acceptors (Lipinski definition) is 5. The van der Waals surface area contributed by atoms with E-state index in [0.29, 0.717) is 6.54 Å². The molecule has 0 fully saturated rings. The topological polar surface area (TPSA) is 62.7 Å². The van der Waals surface area contributed by atoms with Crippen molar-refractivity contribution in [3.05, 3.63) is 71.1 Å². The molecule has 1 aromatic carbocycles.